The van der Waals surface area contributed by atoms with Crippen molar-refractivity contribution in [2.75, 3.05) is 13.1 Å². The van der Waals surface area contributed by atoms with Crippen LogP contribution in [0.25, 0.3) is 0 Å². The molecule has 0 bridgehead atoms. The average molecular weight is 413 g/mol. The topological polar surface area (TPSA) is 88.3 Å². The lowest BCUT2D eigenvalue weighted by atomic mass is 10.1. The molecule has 1 aromatic heterocycles. The third-order valence-electron chi connectivity index (χ3n) is 4.65. The summed E-state index contributed by atoms with van der Waals surface area (Å²) in [6.45, 7) is 4.33. The van der Waals surface area contributed by atoms with Crippen LogP contribution in [-0.4, -0.2) is 42.6 Å². The van der Waals surface area contributed by atoms with Crippen molar-refractivity contribution >= 4 is 21.6 Å². The van der Waals surface area contributed by atoms with Crippen LogP contribution in [-0.2, 0) is 23.0 Å². The number of halogens is 1. The molecule has 0 spiro atoms. The fraction of sp³-hybridized carbons (Fsp3) is 0.556. The van der Waals surface area contributed by atoms with Crippen molar-refractivity contribution in [3.63, 3.8) is 0 Å². The first-order valence-electron chi connectivity index (χ1n) is 9.28. The van der Waals surface area contributed by atoms with E-state index < -0.39 is 10.0 Å². The standard InChI is InChI=1S/C18H25ClN4O3S/c1-2-3-4-18-20-17(21-26-18)13-23-11-9-15(10-12-23)22-27(24,25)16-7-5-14(19)6-8-16/h5-8,15,22H,2-4,9-13H2,1H3. The molecular weight excluding hydrogens is 388 g/mol. The van der Waals surface area contributed by atoms with Crippen LogP contribution in [0.1, 0.15) is 44.3 Å². The Kier molecular flexibility index (Phi) is 6.86. The van der Waals surface area contributed by atoms with Gasteiger partial charge < -0.3 is 4.52 Å². The summed E-state index contributed by atoms with van der Waals surface area (Å²) < 4.78 is 33.0. The van der Waals surface area contributed by atoms with Gasteiger partial charge in [0.2, 0.25) is 15.9 Å². The van der Waals surface area contributed by atoms with Crippen molar-refractivity contribution in [2.24, 2.45) is 0 Å². The Morgan fingerprint density at radius 2 is 1.96 bits per heavy atom. The number of sulfonamides is 1. The molecule has 9 heteroatoms. The first-order valence-corrected chi connectivity index (χ1v) is 11.1. The molecule has 0 saturated carbocycles. The summed E-state index contributed by atoms with van der Waals surface area (Å²) in [6.07, 6.45) is 4.44. The highest BCUT2D eigenvalue weighted by Gasteiger charge is 2.25. The van der Waals surface area contributed by atoms with Gasteiger partial charge in [0.1, 0.15) is 0 Å². The van der Waals surface area contributed by atoms with Crippen molar-refractivity contribution in [3.8, 4) is 0 Å². The van der Waals surface area contributed by atoms with Crippen LogP contribution in [0.4, 0.5) is 0 Å². The maximum atomic E-state index is 12.5. The zero-order valence-electron chi connectivity index (χ0n) is 15.4. The molecule has 1 aliphatic heterocycles. The van der Waals surface area contributed by atoms with E-state index in [1.807, 2.05) is 0 Å². The van der Waals surface area contributed by atoms with Gasteiger partial charge in [0.15, 0.2) is 5.82 Å². The van der Waals surface area contributed by atoms with Gasteiger partial charge in [0.25, 0.3) is 0 Å². The average Bonchev–Trinajstić information content (AvgIpc) is 3.09. The normalized spacial score (nSPS) is 16.7. The highest BCUT2D eigenvalue weighted by molar-refractivity contribution is 7.89. The zero-order valence-corrected chi connectivity index (χ0v) is 17.0. The predicted molar refractivity (Wildman–Crippen MR) is 103 cm³/mol. The van der Waals surface area contributed by atoms with E-state index >= 15 is 0 Å². The summed E-state index contributed by atoms with van der Waals surface area (Å²) in [7, 11) is -3.53. The van der Waals surface area contributed by atoms with E-state index in [1.165, 1.54) is 12.1 Å². The van der Waals surface area contributed by atoms with E-state index in [4.69, 9.17) is 16.1 Å². The molecule has 27 heavy (non-hydrogen) atoms. The number of aromatic nitrogens is 2. The van der Waals surface area contributed by atoms with Crippen LogP contribution >= 0.6 is 11.6 Å². The number of nitrogens with zero attached hydrogens (tertiary/aromatic N) is 3. The van der Waals surface area contributed by atoms with Crippen LogP contribution in [0.2, 0.25) is 5.02 Å². The molecule has 7 nitrogen and oxygen atoms in total. The number of hydrogen-bond donors (Lipinski definition) is 1. The smallest absolute Gasteiger partial charge is 0.240 e. The van der Waals surface area contributed by atoms with Gasteiger partial charge in [-0.05, 0) is 43.5 Å². The molecule has 3 rings (SSSR count). The second-order valence-electron chi connectivity index (χ2n) is 6.83. The summed E-state index contributed by atoms with van der Waals surface area (Å²) >= 11 is 5.82. The number of unbranched alkanes of at least 4 members (excludes halogenated alkanes) is 1. The molecule has 0 unspecified atom stereocenters. The molecule has 2 aromatic rings. The molecule has 0 amide bonds. The number of likely N-dealkylation sites (tertiary alicyclic amines) is 1. The van der Waals surface area contributed by atoms with E-state index in [9.17, 15) is 8.42 Å². The third kappa shape index (κ3) is 5.75. The van der Waals surface area contributed by atoms with Crippen molar-refractivity contribution in [2.45, 2.75) is 56.5 Å². The summed E-state index contributed by atoms with van der Waals surface area (Å²) in [5.74, 6) is 1.39. The lowest BCUT2D eigenvalue weighted by Crippen LogP contribution is -2.44. The Labute approximate surface area is 165 Å². The number of nitrogens with one attached hydrogen (secondary N) is 1. The molecule has 0 radical (unpaired) electrons. The molecule has 1 N–H and O–H groups in total. The summed E-state index contributed by atoms with van der Waals surface area (Å²) in [6, 6.07) is 6.13. The Morgan fingerprint density at radius 3 is 2.63 bits per heavy atom. The van der Waals surface area contributed by atoms with Crippen molar-refractivity contribution < 1.29 is 12.9 Å². The van der Waals surface area contributed by atoms with E-state index in [0.29, 0.717) is 23.3 Å². The quantitative estimate of drug-likeness (QED) is 0.716. The third-order valence-corrected chi connectivity index (χ3v) is 6.44. The lowest BCUT2D eigenvalue weighted by Gasteiger charge is -2.31. The highest BCUT2D eigenvalue weighted by atomic mass is 35.5. The number of aryl methyl sites for hydroxylation is 1. The maximum absolute atomic E-state index is 12.5. The zero-order chi connectivity index (χ0) is 19.3. The Morgan fingerprint density at radius 1 is 1.26 bits per heavy atom. The molecule has 1 saturated heterocycles. The van der Waals surface area contributed by atoms with E-state index in [0.717, 1.165) is 45.2 Å². The van der Waals surface area contributed by atoms with Gasteiger partial charge in [-0.1, -0.05) is 30.1 Å². The molecule has 2 heterocycles. The number of hydrogen-bond acceptors (Lipinski definition) is 6. The minimum atomic E-state index is -3.53. The fourth-order valence-corrected chi connectivity index (χ4v) is 4.53. The first-order chi connectivity index (χ1) is 13.0. The van der Waals surface area contributed by atoms with Gasteiger partial charge in [-0.3, -0.25) is 4.90 Å². The van der Waals surface area contributed by atoms with Crippen LogP contribution in [0, 0.1) is 0 Å². The van der Waals surface area contributed by atoms with Crippen LogP contribution in [0.3, 0.4) is 0 Å². The monoisotopic (exact) mass is 412 g/mol. The number of rotatable bonds is 8. The second kappa shape index (κ2) is 9.14. The van der Waals surface area contributed by atoms with Gasteiger partial charge in [-0.15, -0.1) is 0 Å². The summed E-state index contributed by atoms with van der Waals surface area (Å²) in [5, 5.41) is 4.55. The fourth-order valence-electron chi connectivity index (χ4n) is 3.09. The van der Waals surface area contributed by atoms with Gasteiger partial charge in [0.05, 0.1) is 11.4 Å². The molecular formula is C18H25ClN4O3S. The number of piperidine rings is 1. The Bertz CT molecular complexity index is 831. The van der Waals surface area contributed by atoms with E-state index in [2.05, 4.69) is 26.7 Å². The largest absolute Gasteiger partial charge is 0.339 e. The van der Waals surface area contributed by atoms with Crippen LogP contribution < -0.4 is 4.72 Å². The Hall–Kier alpha value is -1.48. The maximum Gasteiger partial charge on any atom is 0.240 e. The summed E-state index contributed by atoms with van der Waals surface area (Å²) in [4.78, 5) is 6.89. The van der Waals surface area contributed by atoms with E-state index in [-0.39, 0.29) is 10.9 Å². The minimum absolute atomic E-state index is 0.0766. The van der Waals surface area contributed by atoms with E-state index in [1.54, 1.807) is 12.1 Å². The van der Waals surface area contributed by atoms with Crippen molar-refractivity contribution in [1.82, 2.24) is 19.8 Å². The van der Waals surface area contributed by atoms with Gasteiger partial charge >= 0.3 is 0 Å². The van der Waals surface area contributed by atoms with Gasteiger partial charge in [-0.25, -0.2) is 13.1 Å². The van der Waals surface area contributed by atoms with Gasteiger partial charge in [0, 0.05) is 30.6 Å². The van der Waals surface area contributed by atoms with Crippen LogP contribution in [0.5, 0.6) is 0 Å². The highest BCUT2D eigenvalue weighted by Crippen LogP contribution is 2.18. The molecule has 0 aliphatic carbocycles. The first kappa shape index (κ1) is 20.3. The van der Waals surface area contributed by atoms with Crippen molar-refractivity contribution in [1.29, 1.82) is 0 Å². The second-order valence-corrected chi connectivity index (χ2v) is 8.98. The molecule has 1 aromatic carbocycles. The Balaban J connectivity index is 1.48. The number of benzene rings is 1. The lowest BCUT2D eigenvalue weighted by molar-refractivity contribution is 0.193. The predicted octanol–water partition coefficient (Wildman–Crippen LogP) is 3.01. The molecule has 1 fully saturated rings. The minimum Gasteiger partial charge on any atom is -0.339 e. The van der Waals surface area contributed by atoms with Gasteiger partial charge in [-0.2, -0.15) is 4.98 Å². The molecule has 1 aliphatic rings. The summed E-state index contributed by atoms with van der Waals surface area (Å²) in [5.41, 5.74) is 0. The molecule has 148 valence electrons. The molecule has 0 atom stereocenters. The van der Waals surface area contributed by atoms with Crippen molar-refractivity contribution in [3.05, 3.63) is 41.0 Å². The van der Waals surface area contributed by atoms with Crippen LogP contribution in [0.15, 0.2) is 33.7 Å². The SMILES string of the molecule is CCCCc1nc(CN2CCC(NS(=O)(=O)c3ccc(Cl)cc3)CC2)no1.